The molecule has 1 fully saturated rings. The van der Waals surface area contributed by atoms with E-state index in [2.05, 4.69) is 17.5 Å². The van der Waals surface area contributed by atoms with Gasteiger partial charge in [0.15, 0.2) is 0 Å². The molecular weight excluding hydrogens is 379 g/mol. The molecule has 3 nitrogen and oxygen atoms in total. The van der Waals surface area contributed by atoms with Crippen LogP contribution in [0.3, 0.4) is 0 Å². The van der Waals surface area contributed by atoms with Gasteiger partial charge in [0.2, 0.25) is 0 Å². The summed E-state index contributed by atoms with van der Waals surface area (Å²) in [5.74, 6) is -0.0888. The molecular formula is C21H19FN2OS2. The predicted molar refractivity (Wildman–Crippen MR) is 110 cm³/mol. The molecule has 1 aromatic carbocycles. The van der Waals surface area contributed by atoms with Crippen LogP contribution in [0.1, 0.15) is 20.1 Å². The largest absolute Gasteiger partial charge is 0.366 e. The van der Waals surface area contributed by atoms with Gasteiger partial charge in [0.05, 0.1) is 10.6 Å². The van der Waals surface area contributed by atoms with Gasteiger partial charge < -0.3 is 9.80 Å². The summed E-state index contributed by atoms with van der Waals surface area (Å²) in [6.07, 6.45) is 2.10. The van der Waals surface area contributed by atoms with Gasteiger partial charge in [-0.1, -0.05) is 12.1 Å². The fraction of sp³-hybridized carbons (Fsp3) is 0.286. The van der Waals surface area contributed by atoms with Crippen LogP contribution >= 0.6 is 22.7 Å². The Kier molecular flexibility index (Phi) is 4.25. The number of fused-ring (bicyclic) bond motifs is 3. The van der Waals surface area contributed by atoms with E-state index in [-0.39, 0.29) is 11.7 Å². The lowest BCUT2D eigenvalue weighted by Crippen LogP contribution is -2.48. The van der Waals surface area contributed by atoms with Crippen molar-refractivity contribution in [2.45, 2.75) is 12.8 Å². The molecule has 0 N–H and O–H groups in total. The topological polar surface area (TPSA) is 23.6 Å². The van der Waals surface area contributed by atoms with Crippen LogP contribution in [0.4, 0.5) is 10.1 Å². The van der Waals surface area contributed by atoms with Crippen LogP contribution in [0.2, 0.25) is 0 Å². The number of aryl methyl sites for hydroxylation is 2. The maximum Gasteiger partial charge on any atom is 0.264 e. The van der Waals surface area contributed by atoms with Crippen molar-refractivity contribution >= 4 is 34.3 Å². The third kappa shape index (κ3) is 2.97. The number of piperazine rings is 1. The van der Waals surface area contributed by atoms with Crippen LogP contribution in [0.5, 0.6) is 0 Å². The highest BCUT2D eigenvalue weighted by Crippen LogP contribution is 2.42. The predicted octanol–water partition coefficient (Wildman–Crippen LogP) is 4.68. The van der Waals surface area contributed by atoms with Crippen LogP contribution < -0.4 is 4.90 Å². The molecule has 2 aromatic heterocycles. The van der Waals surface area contributed by atoms with Crippen molar-refractivity contribution in [2.75, 3.05) is 31.1 Å². The first-order valence-corrected chi connectivity index (χ1v) is 10.9. The fourth-order valence-corrected chi connectivity index (χ4v) is 6.13. The minimum atomic E-state index is -0.199. The number of rotatable bonds is 2. The highest BCUT2D eigenvalue weighted by atomic mass is 32.1. The Balaban J connectivity index is 1.32. The minimum absolute atomic E-state index is 0.111. The van der Waals surface area contributed by atoms with Crippen molar-refractivity contribution in [3.8, 4) is 10.4 Å². The first kappa shape index (κ1) is 17.0. The number of benzene rings is 1. The number of carbonyl (C=O) groups is 1. The zero-order chi connectivity index (χ0) is 18.4. The molecule has 138 valence electrons. The highest BCUT2D eigenvalue weighted by molar-refractivity contribution is 7.18. The molecule has 2 aliphatic rings. The summed E-state index contributed by atoms with van der Waals surface area (Å²) >= 11 is 3.44. The Morgan fingerprint density at radius 3 is 2.67 bits per heavy atom. The number of carbonyl (C=O) groups excluding carboxylic acids is 1. The summed E-state index contributed by atoms with van der Waals surface area (Å²) in [5.41, 5.74) is 3.25. The third-order valence-electron chi connectivity index (χ3n) is 5.39. The summed E-state index contributed by atoms with van der Waals surface area (Å²) in [7, 11) is 0. The van der Waals surface area contributed by atoms with Crippen LogP contribution in [0.25, 0.3) is 10.4 Å². The van der Waals surface area contributed by atoms with Crippen LogP contribution in [-0.4, -0.2) is 37.0 Å². The normalized spacial score (nSPS) is 16.2. The maximum absolute atomic E-state index is 14.0. The molecule has 0 bridgehead atoms. The molecule has 1 aliphatic heterocycles. The Labute approximate surface area is 165 Å². The molecule has 0 unspecified atom stereocenters. The standard InChI is InChI=1S/C21H19FN2OS2/c22-16-3-1-2-4-17(16)23-8-10-24(11-9-23)21(25)19-13-14-5-6-18-15(7-12-26-18)20(14)27-19/h1-4,7,12-13H,5-6,8-11H2. The van der Waals surface area contributed by atoms with Gasteiger partial charge in [-0.15, -0.1) is 22.7 Å². The first-order chi connectivity index (χ1) is 13.2. The molecule has 0 atom stereocenters. The molecule has 1 amide bonds. The highest BCUT2D eigenvalue weighted by Gasteiger charge is 2.27. The zero-order valence-electron chi connectivity index (χ0n) is 14.8. The number of para-hydroxylation sites is 1. The lowest BCUT2D eigenvalue weighted by molar-refractivity contribution is 0.0751. The second-order valence-electron chi connectivity index (χ2n) is 6.95. The average Bonchev–Trinajstić information content (AvgIpc) is 3.34. The summed E-state index contributed by atoms with van der Waals surface area (Å²) in [4.78, 5) is 20.5. The number of hydrogen-bond donors (Lipinski definition) is 0. The van der Waals surface area contributed by atoms with E-state index in [0.717, 1.165) is 17.7 Å². The molecule has 1 saturated heterocycles. The fourth-order valence-electron chi connectivity index (χ4n) is 3.95. The lowest BCUT2D eigenvalue weighted by atomic mass is 9.98. The van der Waals surface area contributed by atoms with Gasteiger partial charge >= 0.3 is 0 Å². The maximum atomic E-state index is 14.0. The lowest BCUT2D eigenvalue weighted by Gasteiger charge is -2.36. The first-order valence-electron chi connectivity index (χ1n) is 9.19. The Hall–Kier alpha value is -2.18. The van der Waals surface area contributed by atoms with Gasteiger partial charge in [0.25, 0.3) is 5.91 Å². The van der Waals surface area contributed by atoms with Crippen LogP contribution in [-0.2, 0) is 12.8 Å². The number of amides is 1. The summed E-state index contributed by atoms with van der Waals surface area (Å²) in [6, 6.07) is 11.1. The Morgan fingerprint density at radius 2 is 1.85 bits per heavy atom. The number of halogens is 1. The van der Waals surface area contributed by atoms with E-state index in [1.807, 2.05) is 27.2 Å². The van der Waals surface area contributed by atoms with E-state index in [4.69, 9.17) is 0 Å². The van der Waals surface area contributed by atoms with Gasteiger partial charge in [-0.05, 0) is 48.1 Å². The number of anilines is 1. The summed E-state index contributed by atoms with van der Waals surface area (Å²) in [6.45, 7) is 2.57. The van der Waals surface area contributed by atoms with Gasteiger partial charge in [0, 0.05) is 41.5 Å². The average molecular weight is 399 g/mol. The second-order valence-corrected chi connectivity index (χ2v) is 9.01. The van der Waals surface area contributed by atoms with Gasteiger partial charge in [-0.3, -0.25) is 4.79 Å². The quantitative estimate of drug-likeness (QED) is 0.626. The van der Waals surface area contributed by atoms with Crippen LogP contribution in [0, 0.1) is 5.82 Å². The van der Waals surface area contributed by atoms with E-state index < -0.39 is 0 Å². The Bertz CT molecular complexity index is 1000. The van der Waals surface area contributed by atoms with Gasteiger partial charge in [-0.25, -0.2) is 4.39 Å². The summed E-state index contributed by atoms with van der Waals surface area (Å²) < 4.78 is 14.0. The SMILES string of the molecule is O=C(c1cc2c(s1)-c1ccsc1CC2)N1CCN(c2ccccc2F)CC1. The van der Waals surface area contributed by atoms with Crippen molar-refractivity contribution < 1.29 is 9.18 Å². The second kappa shape index (κ2) is 6.77. The van der Waals surface area contributed by atoms with Crippen molar-refractivity contribution in [1.29, 1.82) is 0 Å². The van der Waals surface area contributed by atoms with Gasteiger partial charge in [0.1, 0.15) is 5.82 Å². The van der Waals surface area contributed by atoms with Crippen molar-refractivity contribution in [2.24, 2.45) is 0 Å². The monoisotopic (exact) mass is 398 g/mol. The van der Waals surface area contributed by atoms with E-state index in [1.54, 1.807) is 23.5 Å². The molecule has 27 heavy (non-hydrogen) atoms. The number of hydrogen-bond acceptors (Lipinski definition) is 4. The minimum Gasteiger partial charge on any atom is -0.366 e. The van der Waals surface area contributed by atoms with Crippen molar-refractivity contribution in [3.63, 3.8) is 0 Å². The van der Waals surface area contributed by atoms with Crippen molar-refractivity contribution in [1.82, 2.24) is 4.90 Å². The molecule has 3 aromatic rings. The molecule has 0 saturated carbocycles. The van der Waals surface area contributed by atoms with E-state index in [1.165, 1.54) is 26.9 Å². The van der Waals surface area contributed by atoms with Crippen molar-refractivity contribution in [3.05, 3.63) is 62.9 Å². The molecule has 3 heterocycles. The zero-order valence-corrected chi connectivity index (χ0v) is 16.4. The third-order valence-corrected chi connectivity index (χ3v) is 7.57. The van der Waals surface area contributed by atoms with E-state index >= 15 is 0 Å². The molecule has 0 radical (unpaired) electrons. The smallest absolute Gasteiger partial charge is 0.264 e. The Morgan fingerprint density at radius 1 is 1.04 bits per heavy atom. The van der Waals surface area contributed by atoms with Gasteiger partial charge in [-0.2, -0.15) is 0 Å². The number of thiophene rings is 2. The number of nitrogens with zero attached hydrogens (tertiary/aromatic N) is 2. The molecule has 5 rings (SSSR count). The van der Waals surface area contributed by atoms with E-state index in [9.17, 15) is 9.18 Å². The van der Waals surface area contributed by atoms with E-state index in [0.29, 0.717) is 31.9 Å². The molecule has 1 aliphatic carbocycles. The molecule has 6 heteroatoms. The summed E-state index contributed by atoms with van der Waals surface area (Å²) in [5, 5.41) is 2.14. The van der Waals surface area contributed by atoms with Crippen LogP contribution in [0.15, 0.2) is 41.8 Å². The molecule has 0 spiro atoms.